The van der Waals surface area contributed by atoms with Crippen molar-refractivity contribution in [2.75, 3.05) is 6.54 Å². The molecule has 78 valence electrons. The largest absolute Gasteiger partial charge is 0.487 e. The number of nitrogens with two attached hydrogens (primary N) is 1. The van der Waals surface area contributed by atoms with Crippen molar-refractivity contribution in [2.24, 2.45) is 5.73 Å². The zero-order valence-electron chi connectivity index (χ0n) is 9.42. The number of benzene rings is 1. The molecule has 0 saturated carbocycles. The second kappa shape index (κ2) is 4.01. The molecule has 2 N–H and O–H groups in total. The normalized spacial score (nSPS) is 11.5. The highest BCUT2D eigenvalue weighted by atomic mass is 16.5. The van der Waals surface area contributed by atoms with Gasteiger partial charge in [0.25, 0.3) is 0 Å². The van der Waals surface area contributed by atoms with Gasteiger partial charge >= 0.3 is 0 Å². The molecule has 0 amide bonds. The van der Waals surface area contributed by atoms with Crippen molar-refractivity contribution in [3.8, 4) is 5.75 Å². The highest BCUT2D eigenvalue weighted by Gasteiger charge is 2.17. The first kappa shape index (κ1) is 11.1. The Labute approximate surface area is 86.1 Å². The molecular formula is C12H19NO. The van der Waals surface area contributed by atoms with Crippen molar-refractivity contribution in [3.63, 3.8) is 0 Å². The van der Waals surface area contributed by atoms with E-state index in [0.29, 0.717) is 6.54 Å². The summed E-state index contributed by atoms with van der Waals surface area (Å²) in [5, 5.41) is 0. The smallest absolute Gasteiger partial charge is 0.120 e. The zero-order valence-corrected chi connectivity index (χ0v) is 9.42. The average molecular weight is 193 g/mol. The lowest BCUT2D eigenvalue weighted by atomic mass is 10.1. The van der Waals surface area contributed by atoms with Gasteiger partial charge in [-0.3, -0.25) is 0 Å². The van der Waals surface area contributed by atoms with Gasteiger partial charge in [-0.05, 0) is 51.0 Å². The Balaban J connectivity index is 2.83. The summed E-state index contributed by atoms with van der Waals surface area (Å²) in [4.78, 5) is 0. The number of hydrogen-bond acceptors (Lipinski definition) is 2. The fourth-order valence-corrected chi connectivity index (χ4v) is 1.14. The van der Waals surface area contributed by atoms with E-state index in [1.54, 1.807) is 0 Å². The first-order valence-electron chi connectivity index (χ1n) is 4.91. The summed E-state index contributed by atoms with van der Waals surface area (Å²) >= 11 is 0. The third-order valence-electron chi connectivity index (χ3n) is 2.36. The summed E-state index contributed by atoms with van der Waals surface area (Å²) in [5.74, 6) is 0.892. The van der Waals surface area contributed by atoms with Crippen LogP contribution in [0.4, 0.5) is 0 Å². The van der Waals surface area contributed by atoms with Crippen LogP contribution in [-0.2, 0) is 0 Å². The molecule has 0 spiro atoms. The molecule has 0 fully saturated rings. The summed E-state index contributed by atoms with van der Waals surface area (Å²) in [6.07, 6.45) is 0. The van der Waals surface area contributed by atoms with Gasteiger partial charge in [-0.15, -0.1) is 0 Å². The second-order valence-corrected chi connectivity index (χ2v) is 4.31. The van der Waals surface area contributed by atoms with Crippen LogP contribution in [0.3, 0.4) is 0 Å². The lowest BCUT2D eigenvalue weighted by molar-refractivity contribution is 0.118. The van der Waals surface area contributed by atoms with Gasteiger partial charge in [0.1, 0.15) is 11.4 Å². The lowest BCUT2D eigenvalue weighted by Crippen LogP contribution is -2.37. The summed E-state index contributed by atoms with van der Waals surface area (Å²) in [6.45, 7) is 8.66. The van der Waals surface area contributed by atoms with Crippen LogP contribution in [0, 0.1) is 13.8 Å². The van der Waals surface area contributed by atoms with Crippen LogP contribution in [0.5, 0.6) is 5.75 Å². The Morgan fingerprint density at radius 2 is 1.86 bits per heavy atom. The molecule has 1 aromatic rings. The van der Waals surface area contributed by atoms with E-state index < -0.39 is 0 Å². The monoisotopic (exact) mass is 193 g/mol. The zero-order chi connectivity index (χ0) is 10.8. The second-order valence-electron chi connectivity index (χ2n) is 4.31. The summed E-state index contributed by atoms with van der Waals surface area (Å²) in [5.41, 5.74) is 7.83. The van der Waals surface area contributed by atoms with Crippen LogP contribution < -0.4 is 10.5 Å². The average Bonchev–Trinajstić information content (AvgIpc) is 2.11. The van der Waals surface area contributed by atoms with Gasteiger partial charge in [-0.2, -0.15) is 0 Å². The molecule has 0 atom stereocenters. The van der Waals surface area contributed by atoms with Gasteiger partial charge in [0.15, 0.2) is 0 Å². The lowest BCUT2D eigenvalue weighted by Gasteiger charge is -2.24. The molecule has 0 aliphatic carbocycles. The molecule has 1 rings (SSSR count). The topological polar surface area (TPSA) is 35.2 Å². The quantitative estimate of drug-likeness (QED) is 0.800. The molecule has 0 saturated heterocycles. The van der Waals surface area contributed by atoms with Crippen molar-refractivity contribution in [1.82, 2.24) is 0 Å². The summed E-state index contributed by atoms with van der Waals surface area (Å²) in [7, 11) is 0. The fourth-order valence-electron chi connectivity index (χ4n) is 1.14. The highest BCUT2D eigenvalue weighted by Crippen LogP contribution is 2.20. The number of ether oxygens (including phenoxy) is 1. The van der Waals surface area contributed by atoms with Crippen molar-refractivity contribution in [1.29, 1.82) is 0 Å². The molecule has 0 radical (unpaired) electrons. The van der Waals surface area contributed by atoms with Crippen LogP contribution in [0.1, 0.15) is 25.0 Å². The number of aryl methyl sites for hydroxylation is 2. The van der Waals surface area contributed by atoms with Crippen LogP contribution in [0.25, 0.3) is 0 Å². The van der Waals surface area contributed by atoms with Crippen molar-refractivity contribution in [3.05, 3.63) is 29.3 Å². The molecule has 14 heavy (non-hydrogen) atoms. The predicted octanol–water partition coefficient (Wildman–Crippen LogP) is 2.42. The molecule has 0 bridgehead atoms. The predicted molar refractivity (Wildman–Crippen MR) is 59.7 cm³/mol. The van der Waals surface area contributed by atoms with E-state index in [2.05, 4.69) is 19.9 Å². The molecule has 0 aromatic heterocycles. The Bertz CT molecular complexity index is 318. The van der Waals surface area contributed by atoms with E-state index in [1.807, 2.05) is 26.0 Å². The standard InChI is InChI=1S/C12H19NO/c1-9-5-6-11(7-10(9)2)14-12(3,4)8-13/h5-7H,8,13H2,1-4H3. The SMILES string of the molecule is Cc1ccc(OC(C)(C)CN)cc1C. The summed E-state index contributed by atoms with van der Waals surface area (Å²) < 4.78 is 5.76. The minimum atomic E-state index is -0.290. The molecule has 2 heteroatoms. The number of rotatable bonds is 3. The molecule has 0 aliphatic rings. The Hall–Kier alpha value is -1.02. The van der Waals surface area contributed by atoms with E-state index in [-0.39, 0.29) is 5.60 Å². The third kappa shape index (κ3) is 2.74. The minimum absolute atomic E-state index is 0.290. The first-order chi connectivity index (χ1) is 6.44. The maximum Gasteiger partial charge on any atom is 0.120 e. The Morgan fingerprint density at radius 3 is 2.36 bits per heavy atom. The molecule has 0 heterocycles. The van der Waals surface area contributed by atoms with E-state index in [1.165, 1.54) is 11.1 Å². The maximum atomic E-state index is 5.76. The fraction of sp³-hybridized carbons (Fsp3) is 0.500. The Morgan fingerprint density at radius 1 is 1.21 bits per heavy atom. The van der Waals surface area contributed by atoms with Gasteiger partial charge in [-0.1, -0.05) is 6.07 Å². The molecule has 0 aliphatic heterocycles. The van der Waals surface area contributed by atoms with Crippen molar-refractivity contribution < 1.29 is 4.74 Å². The van der Waals surface area contributed by atoms with E-state index in [4.69, 9.17) is 10.5 Å². The van der Waals surface area contributed by atoms with Crippen LogP contribution in [0.15, 0.2) is 18.2 Å². The van der Waals surface area contributed by atoms with Crippen molar-refractivity contribution in [2.45, 2.75) is 33.3 Å². The van der Waals surface area contributed by atoms with Crippen LogP contribution >= 0.6 is 0 Å². The first-order valence-corrected chi connectivity index (χ1v) is 4.91. The molecule has 2 nitrogen and oxygen atoms in total. The molecule has 1 aromatic carbocycles. The Kier molecular flexibility index (Phi) is 3.17. The van der Waals surface area contributed by atoms with Gasteiger partial charge in [0.2, 0.25) is 0 Å². The molecular weight excluding hydrogens is 174 g/mol. The van der Waals surface area contributed by atoms with Gasteiger partial charge in [-0.25, -0.2) is 0 Å². The number of hydrogen-bond donors (Lipinski definition) is 1. The van der Waals surface area contributed by atoms with Crippen LogP contribution in [0.2, 0.25) is 0 Å². The van der Waals surface area contributed by atoms with E-state index in [9.17, 15) is 0 Å². The summed E-state index contributed by atoms with van der Waals surface area (Å²) in [6, 6.07) is 6.10. The minimum Gasteiger partial charge on any atom is -0.487 e. The van der Waals surface area contributed by atoms with E-state index in [0.717, 1.165) is 5.75 Å². The third-order valence-corrected chi connectivity index (χ3v) is 2.36. The van der Waals surface area contributed by atoms with E-state index >= 15 is 0 Å². The van der Waals surface area contributed by atoms with Crippen molar-refractivity contribution >= 4 is 0 Å². The maximum absolute atomic E-state index is 5.76. The van der Waals surface area contributed by atoms with Gasteiger partial charge in [0.05, 0.1) is 0 Å². The van der Waals surface area contributed by atoms with Crippen LogP contribution in [-0.4, -0.2) is 12.1 Å². The molecule has 0 unspecified atom stereocenters. The van der Waals surface area contributed by atoms with Gasteiger partial charge in [0, 0.05) is 6.54 Å². The van der Waals surface area contributed by atoms with Gasteiger partial charge < -0.3 is 10.5 Å². The highest BCUT2D eigenvalue weighted by molar-refractivity contribution is 5.34.